The normalized spacial score (nSPS) is 18.0. The second-order valence-electron chi connectivity index (χ2n) is 6.00. The summed E-state index contributed by atoms with van der Waals surface area (Å²) in [4.78, 5) is 16.5. The van der Waals surface area contributed by atoms with E-state index in [9.17, 15) is 4.79 Å². The number of amides is 1. The largest absolute Gasteiger partial charge is 0.339 e. The zero-order valence-electron chi connectivity index (χ0n) is 12.8. The summed E-state index contributed by atoms with van der Waals surface area (Å²) in [5, 5.41) is 0.761. The zero-order valence-corrected chi connectivity index (χ0v) is 13.5. The molecule has 5 heteroatoms. The number of carbonyl (C=O) groups is 1. The smallest absolute Gasteiger partial charge is 0.239 e. The molecule has 0 aromatic heterocycles. The van der Waals surface area contributed by atoms with E-state index >= 15 is 0 Å². The van der Waals surface area contributed by atoms with Gasteiger partial charge in [0.15, 0.2) is 0 Å². The van der Waals surface area contributed by atoms with Gasteiger partial charge >= 0.3 is 0 Å². The second kappa shape index (κ2) is 7.25. The molecule has 1 amide bonds. The maximum absolute atomic E-state index is 12.2. The van der Waals surface area contributed by atoms with Crippen LogP contribution in [-0.2, 0) is 11.3 Å². The minimum atomic E-state index is -0.382. The number of hydrogen-bond donors (Lipinski definition) is 1. The van der Waals surface area contributed by atoms with Gasteiger partial charge in [-0.15, -0.1) is 0 Å². The number of halogens is 1. The lowest BCUT2D eigenvalue weighted by Gasteiger charge is -2.36. The molecule has 4 nitrogen and oxygen atoms in total. The van der Waals surface area contributed by atoms with Crippen molar-refractivity contribution in [3.63, 3.8) is 0 Å². The van der Waals surface area contributed by atoms with Gasteiger partial charge in [-0.05, 0) is 23.6 Å². The molecule has 1 saturated heterocycles. The summed E-state index contributed by atoms with van der Waals surface area (Å²) in [7, 11) is 0. The zero-order chi connectivity index (χ0) is 15.4. The summed E-state index contributed by atoms with van der Waals surface area (Å²) >= 11 is 5.89. The molecule has 1 atom stereocenters. The average Bonchev–Trinajstić information content (AvgIpc) is 2.49. The van der Waals surface area contributed by atoms with Crippen LogP contribution in [0, 0.1) is 5.92 Å². The predicted octanol–water partition coefficient (Wildman–Crippen LogP) is 1.97. The topological polar surface area (TPSA) is 49.6 Å². The van der Waals surface area contributed by atoms with Crippen molar-refractivity contribution < 1.29 is 4.79 Å². The SMILES string of the molecule is CC(C)[C@H](N)C(=O)N1CCN(Cc2ccc(Cl)cc2)CC1. The van der Waals surface area contributed by atoms with Gasteiger partial charge in [0.25, 0.3) is 0 Å². The number of nitrogens with zero attached hydrogens (tertiary/aromatic N) is 2. The quantitative estimate of drug-likeness (QED) is 0.925. The number of rotatable bonds is 4. The third kappa shape index (κ3) is 4.43. The first kappa shape index (κ1) is 16.3. The summed E-state index contributed by atoms with van der Waals surface area (Å²) in [6.07, 6.45) is 0. The van der Waals surface area contributed by atoms with Crippen LogP contribution in [0.4, 0.5) is 0 Å². The first-order valence-corrected chi connectivity index (χ1v) is 7.86. The highest BCUT2D eigenvalue weighted by atomic mass is 35.5. The molecule has 1 heterocycles. The Kier molecular flexibility index (Phi) is 5.62. The van der Waals surface area contributed by atoms with Crippen LogP contribution in [0.5, 0.6) is 0 Å². The monoisotopic (exact) mass is 309 g/mol. The summed E-state index contributed by atoms with van der Waals surface area (Å²) in [5.74, 6) is 0.265. The van der Waals surface area contributed by atoms with E-state index in [-0.39, 0.29) is 17.9 Å². The van der Waals surface area contributed by atoms with Crippen molar-refractivity contribution in [1.29, 1.82) is 0 Å². The molecule has 1 aliphatic rings. The van der Waals surface area contributed by atoms with Crippen LogP contribution >= 0.6 is 11.6 Å². The number of hydrogen-bond acceptors (Lipinski definition) is 3. The van der Waals surface area contributed by atoms with E-state index in [2.05, 4.69) is 17.0 Å². The number of benzene rings is 1. The maximum Gasteiger partial charge on any atom is 0.239 e. The highest BCUT2D eigenvalue weighted by Crippen LogP contribution is 2.13. The molecule has 1 aliphatic heterocycles. The molecule has 0 spiro atoms. The molecular formula is C16H24ClN3O. The Morgan fingerprint density at radius 2 is 1.76 bits per heavy atom. The average molecular weight is 310 g/mol. The summed E-state index contributed by atoms with van der Waals surface area (Å²) in [6, 6.07) is 7.55. The maximum atomic E-state index is 12.2. The van der Waals surface area contributed by atoms with Gasteiger partial charge in [-0.2, -0.15) is 0 Å². The van der Waals surface area contributed by atoms with Gasteiger partial charge in [0.05, 0.1) is 6.04 Å². The Morgan fingerprint density at radius 3 is 2.29 bits per heavy atom. The molecule has 0 radical (unpaired) electrons. The molecule has 116 valence electrons. The van der Waals surface area contributed by atoms with Crippen molar-refractivity contribution in [3.05, 3.63) is 34.9 Å². The number of nitrogens with two attached hydrogens (primary N) is 1. The van der Waals surface area contributed by atoms with Crippen molar-refractivity contribution in [2.24, 2.45) is 11.7 Å². The van der Waals surface area contributed by atoms with Gasteiger partial charge in [0.1, 0.15) is 0 Å². The summed E-state index contributed by atoms with van der Waals surface area (Å²) in [5.41, 5.74) is 7.19. The van der Waals surface area contributed by atoms with E-state index in [1.165, 1.54) is 5.56 Å². The fourth-order valence-corrected chi connectivity index (χ4v) is 2.60. The molecule has 0 saturated carbocycles. The summed E-state index contributed by atoms with van der Waals surface area (Å²) in [6.45, 7) is 8.16. The number of carbonyl (C=O) groups excluding carboxylic acids is 1. The van der Waals surface area contributed by atoms with Gasteiger partial charge in [-0.3, -0.25) is 9.69 Å². The van der Waals surface area contributed by atoms with Crippen LogP contribution < -0.4 is 5.73 Å². The van der Waals surface area contributed by atoms with Crippen LogP contribution in [0.2, 0.25) is 5.02 Å². The molecule has 0 unspecified atom stereocenters. The minimum Gasteiger partial charge on any atom is -0.339 e. The van der Waals surface area contributed by atoms with E-state index < -0.39 is 0 Å². The van der Waals surface area contributed by atoms with Crippen LogP contribution in [-0.4, -0.2) is 47.9 Å². The Bertz CT molecular complexity index is 467. The van der Waals surface area contributed by atoms with Crippen LogP contribution in [0.3, 0.4) is 0 Å². The summed E-state index contributed by atoms with van der Waals surface area (Å²) < 4.78 is 0. The molecule has 2 N–H and O–H groups in total. The van der Waals surface area contributed by atoms with Gasteiger partial charge in [-0.25, -0.2) is 0 Å². The van der Waals surface area contributed by atoms with Crippen molar-refractivity contribution in [3.8, 4) is 0 Å². The van der Waals surface area contributed by atoms with Gasteiger partial charge in [0.2, 0.25) is 5.91 Å². The number of piperazine rings is 1. The Balaban J connectivity index is 1.83. The fraction of sp³-hybridized carbons (Fsp3) is 0.562. The lowest BCUT2D eigenvalue weighted by molar-refractivity contribution is -0.135. The molecule has 0 bridgehead atoms. The fourth-order valence-electron chi connectivity index (χ4n) is 2.47. The standard InChI is InChI=1S/C16H24ClN3O/c1-12(2)15(18)16(21)20-9-7-19(8-10-20)11-13-3-5-14(17)6-4-13/h3-6,12,15H,7-11,18H2,1-2H3/t15-/m0/s1. The molecule has 0 aliphatic carbocycles. The molecule has 2 rings (SSSR count). The molecule has 1 aromatic rings. The van der Waals surface area contributed by atoms with Crippen LogP contribution in [0.1, 0.15) is 19.4 Å². The van der Waals surface area contributed by atoms with E-state index in [4.69, 9.17) is 17.3 Å². The van der Waals surface area contributed by atoms with E-state index in [1.807, 2.05) is 30.9 Å². The van der Waals surface area contributed by atoms with Gasteiger partial charge in [0, 0.05) is 37.7 Å². The van der Waals surface area contributed by atoms with Gasteiger partial charge in [-0.1, -0.05) is 37.6 Å². The first-order valence-electron chi connectivity index (χ1n) is 7.48. The highest BCUT2D eigenvalue weighted by molar-refractivity contribution is 6.30. The Morgan fingerprint density at radius 1 is 1.19 bits per heavy atom. The van der Waals surface area contributed by atoms with Crippen molar-refractivity contribution in [1.82, 2.24) is 9.80 Å². The van der Waals surface area contributed by atoms with Gasteiger partial charge < -0.3 is 10.6 Å². The van der Waals surface area contributed by atoms with Crippen molar-refractivity contribution in [2.75, 3.05) is 26.2 Å². The lowest BCUT2D eigenvalue weighted by Crippen LogP contribution is -2.54. The Labute approximate surface area is 131 Å². The van der Waals surface area contributed by atoms with Crippen LogP contribution in [0.15, 0.2) is 24.3 Å². The van der Waals surface area contributed by atoms with E-state index in [0.29, 0.717) is 0 Å². The minimum absolute atomic E-state index is 0.0798. The van der Waals surface area contributed by atoms with E-state index in [1.54, 1.807) is 0 Å². The van der Waals surface area contributed by atoms with E-state index in [0.717, 1.165) is 37.7 Å². The third-order valence-corrected chi connectivity index (χ3v) is 4.26. The van der Waals surface area contributed by atoms with Crippen molar-refractivity contribution >= 4 is 17.5 Å². The predicted molar refractivity (Wildman–Crippen MR) is 86.1 cm³/mol. The first-order chi connectivity index (χ1) is 9.97. The van der Waals surface area contributed by atoms with Crippen LogP contribution in [0.25, 0.3) is 0 Å². The molecule has 1 fully saturated rings. The second-order valence-corrected chi connectivity index (χ2v) is 6.43. The molecule has 21 heavy (non-hydrogen) atoms. The Hall–Kier alpha value is -1.10. The highest BCUT2D eigenvalue weighted by Gasteiger charge is 2.26. The third-order valence-electron chi connectivity index (χ3n) is 4.01. The lowest BCUT2D eigenvalue weighted by atomic mass is 10.0. The molecular weight excluding hydrogens is 286 g/mol. The van der Waals surface area contributed by atoms with Crippen molar-refractivity contribution in [2.45, 2.75) is 26.4 Å². The molecule has 1 aromatic carbocycles.